The average molecular weight is 238 g/mol. The van der Waals surface area contributed by atoms with E-state index >= 15 is 0 Å². The molecule has 1 aliphatic rings. The average Bonchev–Trinajstić information content (AvgIpc) is 2.76. The maximum Gasteiger partial charge on any atom is 0.113 e. The number of nitrogens with zero attached hydrogens (tertiary/aromatic N) is 1. The summed E-state index contributed by atoms with van der Waals surface area (Å²) in [5.74, 6) is 0.866. The second-order valence-corrected chi connectivity index (χ2v) is 5.85. The Morgan fingerprint density at radius 2 is 2.44 bits per heavy atom. The summed E-state index contributed by atoms with van der Waals surface area (Å²) in [5, 5.41) is 7.03. The van der Waals surface area contributed by atoms with Gasteiger partial charge in [-0.3, -0.25) is 0 Å². The number of hydrogen-bond acceptors (Lipinski definition) is 3. The molecule has 2 nitrogen and oxygen atoms in total. The molecule has 0 aliphatic heterocycles. The van der Waals surface area contributed by atoms with Crippen molar-refractivity contribution in [3.05, 3.63) is 16.1 Å². The van der Waals surface area contributed by atoms with Gasteiger partial charge in [0.2, 0.25) is 0 Å². The molecule has 0 saturated heterocycles. The van der Waals surface area contributed by atoms with Crippen LogP contribution in [0.15, 0.2) is 5.38 Å². The highest BCUT2D eigenvalue weighted by Crippen LogP contribution is 2.41. The Labute approximate surface area is 102 Å². The van der Waals surface area contributed by atoms with Gasteiger partial charge in [-0.05, 0) is 32.7 Å². The van der Waals surface area contributed by atoms with E-state index in [1.165, 1.54) is 37.1 Å². The van der Waals surface area contributed by atoms with Gasteiger partial charge >= 0.3 is 0 Å². The Morgan fingerprint density at radius 1 is 1.62 bits per heavy atom. The molecular weight excluding hydrogens is 216 g/mol. The fourth-order valence-electron chi connectivity index (χ4n) is 2.84. The molecule has 0 aromatic carbocycles. The summed E-state index contributed by atoms with van der Waals surface area (Å²) in [6.45, 7) is 4.40. The van der Waals surface area contributed by atoms with Crippen LogP contribution in [0.1, 0.15) is 49.7 Å². The van der Waals surface area contributed by atoms with Crippen LogP contribution in [0.3, 0.4) is 0 Å². The van der Waals surface area contributed by atoms with Crippen molar-refractivity contribution in [2.24, 2.45) is 5.92 Å². The van der Waals surface area contributed by atoms with Gasteiger partial charge < -0.3 is 5.32 Å². The highest BCUT2D eigenvalue weighted by atomic mass is 32.1. The zero-order valence-electron chi connectivity index (χ0n) is 10.5. The molecule has 1 N–H and O–H groups in total. The van der Waals surface area contributed by atoms with Crippen LogP contribution in [0.4, 0.5) is 0 Å². The van der Waals surface area contributed by atoms with E-state index in [1.807, 2.05) is 11.3 Å². The van der Waals surface area contributed by atoms with Crippen LogP contribution >= 0.6 is 11.3 Å². The summed E-state index contributed by atoms with van der Waals surface area (Å²) in [6.07, 6.45) is 6.52. The molecule has 0 bridgehead atoms. The summed E-state index contributed by atoms with van der Waals surface area (Å²) in [6, 6.07) is 0. The highest BCUT2D eigenvalue weighted by Gasteiger charge is 2.38. The van der Waals surface area contributed by atoms with Gasteiger partial charge in [0.1, 0.15) is 5.01 Å². The molecule has 1 aromatic rings. The molecule has 3 heteroatoms. The van der Waals surface area contributed by atoms with Gasteiger partial charge in [-0.25, -0.2) is 4.98 Å². The normalized spacial score (nSPS) is 30.6. The molecule has 1 fully saturated rings. The maximum atomic E-state index is 4.70. The van der Waals surface area contributed by atoms with Crippen LogP contribution in [0.25, 0.3) is 0 Å². The molecular formula is C13H22N2S. The predicted molar refractivity (Wildman–Crippen MR) is 69.8 cm³/mol. The first-order valence-corrected chi connectivity index (χ1v) is 7.19. The van der Waals surface area contributed by atoms with Crippen LogP contribution in [-0.4, -0.2) is 12.0 Å². The third-order valence-electron chi connectivity index (χ3n) is 3.94. The Hall–Kier alpha value is -0.410. The van der Waals surface area contributed by atoms with E-state index in [9.17, 15) is 0 Å². The van der Waals surface area contributed by atoms with Crippen LogP contribution < -0.4 is 5.32 Å². The van der Waals surface area contributed by atoms with Gasteiger partial charge in [-0.1, -0.05) is 26.2 Å². The van der Waals surface area contributed by atoms with E-state index in [2.05, 4.69) is 31.6 Å². The van der Waals surface area contributed by atoms with E-state index in [0.29, 0.717) is 0 Å². The highest BCUT2D eigenvalue weighted by molar-refractivity contribution is 7.09. The minimum atomic E-state index is 0.165. The minimum Gasteiger partial charge on any atom is -0.308 e. The van der Waals surface area contributed by atoms with Gasteiger partial charge in [0.15, 0.2) is 0 Å². The van der Waals surface area contributed by atoms with Crippen molar-refractivity contribution in [2.75, 3.05) is 7.05 Å². The molecule has 1 aromatic heterocycles. The fourth-order valence-corrected chi connectivity index (χ4v) is 3.88. The molecule has 2 atom stereocenters. The summed E-state index contributed by atoms with van der Waals surface area (Å²) in [7, 11) is 2.09. The third kappa shape index (κ3) is 2.16. The lowest BCUT2D eigenvalue weighted by atomic mass is 9.75. The third-order valence-corrected chi connectivity index (χ3v) is 5.10. The standard InChI is InChI=1S/C13H22N2S/c1-4-11-6-5-7-13(8-11,14-3)12-15-10(2)9-16-12/h9,11,14H,4-8H2,1-3H3. The molecule has 2 rings (SSSR count). The number of aryl methyl sites for hydroxylation is 1. The minimum absolute atomic E-state index is 0.165. The van der Waals surface area contributed by atoms with Crippen molar-refractivity contribution in [1.29, 1.82) is 0 Å². The summed E-state index contributed by atoms with van der Waals surface area (Å²) in [5.41, 5.74) is 1.32. The molecule has 1 saturated carbocycles. The zero-order chi connectivity index (χ0) is 11.6. The van der Waals surface area contributed by atoms with Crippen molar-refractivity contribution >= 4 is 11.3 Å². The van der Waals surface area contributed by atoms with Crippen LogP contribution in [0.5, 0.6) is 0 Å². The maximum absolute atomic E-state index is 4.70. The Bertz CT molecular complexity index is 347. The Morgan fingerprint density at radius 3 is 3.00 bits per heavy atom. The predicted octanol–water partition coefficient (Wildman–Crippen LogP) is 3.47. The number of nitrogens with one attached hydrogen (secondary N) is 1. The van der Waals surface area contributed by atoms with Crippen molar-refractivity contribution in [3.8, 4) is 0 Å². The van der Waals surface area contributed by atoms with Gasteiger partial charge in [0.25, 0.3) is 0 Å². The Kier molecular flexibility index (Phi) is 3.65. The van der Waals surface area contributed by atoms with E-state index in [4.69, 9.17) is 4.98 Å². The SMILES string of the molecule is CCC1CCCC(NC)(c2nc(C)cs2)C1. The number of thiazole rings is 1. The second kappa shape index (κ2) is 4.84. The van der Waals surface area contributed by atoms with Crippen molar-refractivity contribution < 1.29 is 0 Å². The molecule has 16 heavy (non-hydrogen) atoms. The number of rotatable bonds is 3. The van der Waals surface area contributed by atoms with E-state index in [0.717, 1.165) is 11.6 Å². The molecule has 0 spiro atoms. The summed E-state index contributed by atoms with van der Waals surface area (Å²) >= 11 is 1.82. The lowest BCUT2D eigenvalue weighted by Gasteiger charge is -2.39. The van der Waals surface area contributed by atoms with Crippen molar-refractivity contribution in [3.63, 3.8) is 0 Å². The largest absolute Gasteiger partial charge is 0.308 e. The first-order chi connectivity index (χ1) is 7.70. The van der Waals surface area contributed by atoms with Crippen LogP contribution in [0, 0.1) is 12.8 Å². The van der Waals surface area contributed by atoms with E-state index in [-0.39, 0.29) is 5.54 Å². The number of aromatic nitrogens is 1. The Balaban J connectivity index is 2.24. The van der Waals surface area contributed by atoms with Crippen LogP contribution in [0.2, 0.25) is 0 Å². The summed E-state index contributed by atoms with van der Waals surface area (Å²) in [4.78, 5) is 4.70. The first kappa shape index (κ1) is 12.1. The monoisotopic (exact) mass is 238 g/mol. The van der Waals surface area contributed by atoms with Gasteiger partial charge in [0, 0.05) is 11.1 Å². The lowest BCUT2D eigenvalue weighted by Crippen LogP contribution is -2.44. The van der Waals surface area contributed by atoms with E-state index < -0.39 is 0 Å². The molecule has 1 aliphatic carbocycles. The summed E-state index contributed by atoms with van der Waals surface area (Å²) < 4.78 is 0. The van der Waals surface area contributed by atoms with Crippen LogP contribution in [-0.2, 0) is 5.54 Å². The molecule has 1 heterocycles. The van der Waals surface area contributed by atoms with Gasteiger partial charge in [0.05, 0.1) is 5.54 Å². The van der Waals surface area contributed by atoms with Crippen molar-refractivity contribution in [1.82, 2.24) is 10.3 Å². The number of hydrogen-bond donors (Lipinski definition) is 1. The lowest BCUT2D eigenvalue weighted by molar-refractivity contribution is 0.185. The van der Waals surface area contributed by atoms with Crippen molar-refractivity contribution in [2.45, 2.75) is 51.5 Å². The van der Waals surface area contributed by atoms with Gasteiger partial charge in [-0.15, -0.1) is 11.3 Å². The molecule has 0 amide bonds. The topological polar surface area (TPSA) is 24.9 Å². The quantitative estimate of drug-likeness (QED) is 0.872. The first-order valence-electron chi connectivity index (χ1n) is 6.31. The molecule has 0 radical (unpaired) electrons. The zero-order valence-corrected chi connectivity index (χ0v) is 11.4. The fraction of sp³-hybridized carbons (Fsp3) is 0.769. The van der Waals surface area contributed by atoms with E-state index in [1.54, 1.807) is 0 Å². The smallest absolute Gasteiger partial charge is 0.113 e. The van der Waals surface area contributed by atoms with Gasteiger partial charge in [-0.2, -0.15) is 0 Å². The second-order valence-electron chi connectivity index (χ2n) is 5.00. The molecule has 90 valence electrons. The molecule has 2 unspecified atom stereocenters.